The van der Waals surface area contributed by atoms with E-state index in [4.69, 9.17) is 0 Å². The third-order valence-electron chi connectivity index (χ3n) is 3.71. The molecule has 1 saturated carbocycles. The molecule has 0 aromatic carbocycles. The minimum Gasteiger partial charge on any atom is -0.300 e. The number of carbonyl (C=O) groups is 1. The van der Waals surface area contributed by atoms with Crippen molar-refractivity contribution in [2.75, 3.05) is 0 Å². The second kappa shape index (κ2) is 4.78. The number of hydrogen-bond acceptors (Lipinski definition) is 1. The maximum Gasteiger partial charge on any atom is 0.133 e. The molecule has 1 aliphatic rings. The highest BCUT2D eigenvalue weighted by Gasteiger charge is 2.22. The fourth-order valence-electron chi connectivity index (χ4n) is 2.26. The Bertz CT molecular complexity index is 174. The van der Waals surface area contributed by atoms with Gasteiger partial charge in [0.1, 0.15) is 5.78 Å². The van der Waals surface area contributed by atoms with Crippen molar-refractivity contribution in [3.63, 3.8) is 0 Å². The molecule has 1 nitrogen and oxygen atoms in total. The first-order valence-corrected chi connectivity index (χ1v) is 5.63. The highest BCUT2D eigenvalue weighted by Crippen LogP contribution is 2.29. The molecule has 0 N–H and O–H groups in total. The van der Waals surface area contributed by atoms with Gasteiger partial charge in [-0.3, -0.25) is 4.79 Å². The summed E-state index contributed by atoms with van der Waals surface area (Å²) >= 11 is 0. The summed E-state index contributed by atoms with van der Waals surface area (Å²) in [5.74, 6) is 2.57. The zero-order valence-electron chi connectivity index (χ0n) is 9.18. The Morgan fingerprint density at radius 2 is 1.77 bits per heavy atom. The quantitative estimate of drug-likeness (QED) is 0.561. The minimum absolute atomic E-state index is 0.480. The Balaban J connectivity index is 2.57. The fourth-order valence-corrected chi connectivity index (χ4v) is 2.26. The highest BCUT2D eigenvalue weighted by molar-refractivity contribution is 5.78. The van der Waals surface area contributed by atoms with Crippen LogP contribution in [0.2, 0.25) is 0 Å². The summed E-state index contributed by atoms with van der Waals surface area (Å²) in [7, 11) is 0. The second-order valence-corrected chi connectivity index (χ2v) is 4.80. The van der Waals surface area contributed by atoms with Gasteiger partial charge < -0.3 is 0 Å². The highest BCUT2D eigenvalue weighted by atomic mass is 16.1. The molecule has 0 aromatic rings. The second-order valence-electron chi connectivity index (χ2n) is 4.80. The van der Waals surface area contributed by atoms with Crippen molar-refractivity contribution < 1.29 is 4.79 Å². The number of Topliss-reactive ketones (excluding diaryl/α,β-unsaturated/α-hetero) is 1. The van der Waals surface area contributed by atoms with Crippen LogP contribution < -0.4 is 0 Å². The van der Waals surface area contributed by atoms with Crippen LogP contribution in [0, 0.1) is 17.8 Å². The molecule has 0 spiro atoms. The van der Waals surface area contributed by atoms with Crippen LogP contribution >= 0.6 is 0 Å². The summed E-state index contributed by atoms with van der Waals surface area (Å²) in [4.78, 5) is 11.5. The predicted octanol–water partition coefficient (Wildman–Crippen LogP) is 3.43. The Kier molecular flexibility index (Phi) is 3.95. The molecule has 3 atom stereocenters. The van der Waals surface area contributed by atoms with Crippen LogP contribution in [0.25, 0.3) is 0 Å². The molecule has 13 heavy (non-hydrogen) atoms. The zero-order valence-corrected chi connectivity index (χ0v) is 9.18. The summed E-state index contributed by atoms with van der Waals surface area (Å²) in [6.45, 7) is 6.86. The van der Waals surface area contributed by atoms with Crippen molar-refractivity contribution in [3.8, 4) is 0 Å². The van der Waals surface area contributed by atoms with E-state index in [-0.39, 0.29) is 0 Å². The average Bonchev–Trinajstić information content (AvgIpc) is 2.13. The third-order valence-corrected chi connectivity index (χ3v) is 3.71. The Hall–Kier alpha value is -0.330. The number of rotatable bonds is 0. The number of ketones is 1. The SMILES string of the molecule is CC1CCCCC(=O)CC(C)C1C. The van der Waals surface area contributed by atoms with Crippen LogP contribution in [0.15, 0.2) is 0 Å². The van der Waals surface area contributed by atoms with E-state index in [1.807, 2.05) is 0 Å². The molecule has 1 aliphatic carbocycles. The van der Waals surface area contributed by atoms with Crippen molar-refractivity contribution in [2.24, 2.45) is 17.8 Å². The van der Waals surface area contributed by atoms with Gasteiger partial charge >= 0.3 is 0 Å². The van der Waals surface area contributed by atoms with Gasteiger partial charge in [0.2, 0.25) is 0 Å². The maximum absolute atomic E-state index is 11.5. The van der Waals surface area contributed by atoms with Crippen molar-refractivity contribution in [3.05, 3.63) is 0 Å². The van der Waals surface area contributed by atoms with Gasteiger partial charge in [0.25, 0.3) is 0 Å². The first-order chi connectivity index (χ1) is 6.11. The van der Waals surface area contributed by atoms with Crippen LogP contribution in [-0.2, 0) is 4.79 Å². The van der Waals surface area contributed by atoms with Crippen molar-refractivity contribution in [1.29, 1.82) is 0 Å². The van der Waals surface area contributed by atoms with E-state index in [2.05, 4.69) is 20.8 Å². The number of hydrogen-bond donors (Lipinski definition) is 0. The van der Waals surface area contributed by atoms with Gasteiger partial charge in [0, 0.05) is 12.8 Å². The topological polar surface area (TPSA) is 17.1 Å². The Morgan fingerprint density at radius 3 is 2.46 bits per heavy atom. The normalized spacial score (nSPS) is 37.8. The molecule has 76 valence electrons. The molecule has 3 unspecified atom stereocenters. The average molecular weight is 182 g/mol. The van der Waals surface area contributed by atoms with E-state index in [1.54, 1.807) is 0 Å². The van der Waals surface area contributed by atoms with Crippen LogP contribution in [0.3, 0.4) is 0 Å². The molecule has 0 saturated heterocycles. The summed E-state index contributed by atoms with van der Waals surface area (Å²) in [6, 6.07) is 0. The van der Waals surface area contributed by atoms with Gasteiger partial charge in [0.05, 0.1) is 0 Å². The lowest BCUT2D eigenvalue weighted by atomic mass is 9.81. The van der Waals surface area contributed by atoms with Gasteiger partial charge in [-0.25, -0.2) is 0 Å². The smallest absolute Gasteiger partial charge is 0.133 e. The lowest BCUT2D eigenvalue weighted by Gasteiger charge is -2.24. The molecule has 0 heterocycles. The molecular weight excluding hydrogens is 160 g/mol. The Labute approximate surface area is 81.9 Å². The lowest BCUT2D eigenvalue weighted by Crippen LogP contribution is -2.18. The maximum atomic E-state index is 11.5. The fraction of sp³-hybridized carbons (Fsp3) is 0.917. The molecule has 0 aliphatic heterocycles. The zero-order chi connectivity index (χ0) is 9.84. The summed E-state index contributed by atoms with van der Waals surface area (Å²) < 4.78 is 0. The van der Waals surface area contributed by atoms with E-state index in [0.717, 1.165) is 25.2 Å². The van der Waals surface area contributed by atoms with Crippen molar-refractivity contribution >= 4 is 5.78 Å². The van der Waals surface area contributed by atoms with E-state index in [1.165, 1.54) is 12.8 Å². The van der Waals surface area contributed by atoms with Gasteiger partial charge in [-0.15, -0.1) is 0 Å². The molecule has 1 rings (SSSR count). The predicted molar refractivity (Wildman–Crippen MR) is 55.6 cm³/mol. The van der Waals surface area contributed by atoms with E-state index in [9.17, 15) is 4.79 Å². The van der Waals surface area contributed by atoms with E-state index >= 15 is 0 Å². The molecular formula is C12H22O. The molecule has 0 bridgehead atoms. The van der Waals surface area contributed by atoms with Gasteiger partial charge in [-0.05, 0) is 24.2 Å². The van der Waals surface area contributed by atoms with Gasteiger partial charge in [-0.2, -0.15) is 0 Å². The minimum atomic E-state index is 0.480. The third kappa shape index (κ3) is 3.13. The van der Waals surface area contributed by atoms with Crippen LogP contribution in [0.5, 0.6) is 0 Å². The largest absolute Gasteiger partial charge is 0.300 e. The Morgan fingerprint density at radius 1 is 1.08 bits per heavy atom. The van der Waals surface area contributed by atoms with Gasteiger partial charge in [0.15, 0.2) is 0 Å². The van der Waals surface area contributed by atoms with Crippen molar-refractivity contribution in [1.82, 2.24) is 0 Å². The molecule has 1 fully saturated rings. The van der Waals surface area contributed by atoms with Crippen LogP contribution in [0.1, 0.15) is 52.9 Å². The molecule has 0 amide bonds. The van der Waals surface area contributed by atoms with E-state index < -0.39 is 0 Å². The van der Waals surface area contributed by atoms with Crippen LogP contribution in [0.4, 0.5) is 0 Å². The number of carbonyl (C=O) groups excluding carboxylic acids is 1. The standard InChI is InChI=1S/C12H22O/c1-9-6-4-5-7-12(13)8-10(2)11(9)3/h9-11H,4-8H2,1-3H3. The van der Waals surface area contributed by atoms with Gasteiger partial charge in [-0.1, -0.05) is 33.6 Å². The summed E-state index contributed by atoms with van der Waals surface area (Å²) in [5.41, 5.74) is 0. The van der Waals surface area contributed by atoms with Crippen LogP contribution in [-0.4, -0.2) is 5.78 Å². The molecule has 1 heteroatoms. The first-order valence-electron chi connectivity index (χ1n) is 5.63. The summed E-state index contributed by atoms with van der Waals surface area (Å²) in [6.07, 6.45) is 5.29. The monoisotopic (exact) mass is 182 g/mol. The molecule has 0 aromatic heterocycles. The molecule has 0 radical (unpaired) electrons. The lowest BCUT2D eigenvalue weighted by molar-refractivity contribution is -0.120. The van der Waals surface area contributed by atoms with E-state index in [0.29, 0.717) is 17.6 Å². The summed E-state index contributed by atoms with van der Waals surface area (Å²) in [5, 5.41) is 0. The first kappa shape index (κ1) is 10.7. The van der Waals surface area contributed by atoms with Crippen molar-refractivity contribution in [2.45, 2.75) is 52.9 Å².